The number of hydrogen-bond acceptors (Lipinski definition) is 6. The van der Waals surface area contributed by atoms with E-state index in [1.54, 1.807) is 23.4 Å². The Balaban J connectivity index is 1.20. The number of amides is 2. The van der Waals surface area contributed by atoms with Gasteiger partial charge in [0.2, 0.25) is 5.95 Å². The number of rotatable bonds is 4. The number of aromatic nitrogens is 2. The minimum Gasteiger partial charge on any atom is -0.345 e. The first-order chi connectivity index (χ1) is 14.7. The first-order valence-electron chi connectivity index (χ1n) is 10.6. The summed E-state index contributed by atoms with van der Waals surface area (Å²) in [6.07, 6.45) is 5.15. The third-order valence-electron chi connectivity index (χ3n) is 5.77. The van der Waals surface area contributed by atoms with Crippen LogP contribution in [0.1, 0.15) is 18.4 Å². The molecule has 3 heterocycles. The van der Waals surface area contributed by atoms with E-state index >= 15 is 0 Å². The maximum Gasteiger partial charge on any atom is 0.312 e. The molecule has 2 saturated heterocycles. The number of benzene rings is 1. The molecule has 1 aromatic carbocycles. The van der Waals surface area contributed by atoms with Crippen molar-refractivity contribution in [1.29, 1.82) is 0 Å². The number of nitrogens with zero attached hydrogens (tertiary/aromatic N) is 5. The van der Waals surface area contributed by atoms with Gasteiger partial charge in [-0.2, -0.15) is 0 Å². The van der Waals surface area contributed by atoms with E-state index in [4.69, 9.17) is 0 Å². The number of piperazine rings is 1. The van der Waals surface area contributed by atoms with Crippen molar-refractivity contribution in [1.82, 2.24) is 25.1 Å². The quantitative estimate of drug-likeness (QED) is 0.758. The average molecular weight is 409 g/mol. The molecule has 0 unspecified atom stereocenters. The molecule has 0 aliphatic carbocycles. The van der Waals surface area contributed by atoms with Crippen molar-refractivity contribution in [2.24, 2.45) is 0 Å². The molecule has 0 spiro atoms. The summed E-state index contributed by atoms with van der Waals surface area (Å²) in [5, 5.41) is 2.95. The number of nitrogens with one attached hydrogen (secondary N) is 1. The summed E-state index contributed by atoms with van der Waals surface area (Å²) >= 11 is 0. The van der Waals surface area contributed by atoms with Gasteiger partial charge in [-0.1, -0.05) is 30.3 Å². The minimum absolute atomic E-state index is 0.0625. The molecule has 2 amide bonds. The van der Waals surface area contributed by atoms with E-state index in [2.05, 4.69) is 44.5 Å². The zero-order chi connectivity index (χ0) is 20.8. The first-order valence-corrected chi connectivity index (χ1v) is 10.6. The van der Waals surface area contributed by atoms with Gasteiger partial charge in [0.15, 0.2) is 0 Å². The summed E-state index contributed by atoms with van der Waals surface area (Å²) in [6.45, 7) is 5.02. The van der Waals surface area contributed by atoms with Crippen LogP contribution in [0.4, 0.5) is 5.95 Å². The fourth-order valence-electron chi connectivity index (χ4n) is 4.03. The molecule has 0 radical (unpaired) electrons. The van der Waals surface area contributed by atoms with Gasteiger partial charge in [0.25, 0.3) is 0 Å². The monoisotopic (exact) mass is 408 g/mol. The van der Waals surface area contributed by atoms with Gasteiger partial charge in [0, 0.05) is 64.2 Å². The number of hydrogen-bond donors (Lipinski definition) is 1. The third kappa shape index (κ3) is 5.13. The minimum atomic E-state index is -0.485. The van der Waals surface area contributed by atoms with Crippen LogP contribution in [-0.2, 0) is 16.1 Å². The van der Waals surface area contributed by atoms with Crippen LogP contribution in [0.2, 0.25) is 0 Å². The highest BCUT2D eigenvalue weighted by Crippen LogP contribution is 2.14. The molecule has 2 aliphatic rings. The second kappa shape index (κ2) is 9.67. The van der Waals surface area contributed by atoms with Crippen LogP contribution in [0.25, 0.3) is 0 Å². The number of anilines is 1. The summed E-state index contributed by atoms with van der Waals surface area (Å²) in [4.78, 5) is 39.6. The molecule has 2 aliphatic heterocycles. The largest absolute Gasteiger partial charge is 0.345 e. The predicted molar refractivity (Wildman–Crippen MR) is 114 cm³/mol. The number of likely N-dealkylation sites (tertiary alicyclic amines) is 1. The fraction of sp³-hybridized carbons (Fsp3) is 0.455. The Kier molecular flexibility index (Phi) is 6.53. The Bertz CT molecular complexity index is 831. The van der Waals surface area contributed by atoms with Gasteiger partial charge in [0.1, 0.15) is 0 Å². The topological polar surface area (TPSA) is 81.7 Å². The molecule has 8 nitrogen and oxygen atoms in total. The van der Waals surface area contributed by atoms with Crippen molar-refractivity contribution < 1.29 is 9.59 Å². The second-order valence-corrected chi connectivity index (χ2v) is 7.84. The molecule has 8 heteroatoms. The Labute approximate surface area is 176 Å². The molecular weight excluding hydrogens is 380 g/mol. The molecule has 2 aromatic rings. The maximum absolute atomic E-state index is 12.6. The lowest BCUT2D eigenvalue weighted by atomic mass is 10.0. The van der Waals surface area contributed by atoms with Crippen LogP contribution in [0.3, 0.4) is 0 Å². The zero-order valence-corrected chi connectivity index (χ0v) is 17.1. The summed E-state index contributed by atoms with van der Waals surface area (Å²) in [6, 6.07) is 12.2. The van der Waals surface area contributed by atoms with Crippen LogP contribution in [0, 0.1) is 0 Å². The van der Waals surface area contributed by atoms with E-state index in [0.717, 1.165) is 32.5 Å². The van der Waals surface area contributed by atoms with Crippen molar-refractivity contribution in [2.45, 2.75) is 25.4 Å². The molecule has 0 saturated carbocycles. The van der Waals surface area contributed by atoms with Crippen molar-refractivity contribution in [3.05, 3.63) is 54.4 Å². The molecule has 4 rings (SSSR count). The normalized spacial score (nSPS) is 18.3. The van der Waals surface area contributed by atoms with Crippen LogP contribution in [-0.4, -0.2) is 76.9 Å². The van der Waals surface area contributed by atoms with Gasteiger partial charge in [-0.25, -0.2) is 9.97 Å². The van der Waals surface area contributed by atoms with Gasteiger partial charge in [-0.15, -0.1) is 0 Å². The van der Waals surface area contributed by atoms with Gasteiger partial charge < -0.3 is 15.1 Å². The lowest BCUT2D eigenvalue weighted by Crippen LogP contribution is -2.55. The summed E-state index contributed by atoms with van der Waals surface area (Å²) in [5.74, 6) is -0.257. The molecule has 1 N–H and O–H groups in total. The maximum atomic E-state index is 12.6. The predicted octanol–water partition coefficient (Wildman–Crippen LogP) is 0.906. The highest BCUT2D eigenvalue weighted by atomic mass is 16.2. The van der Waals surface area contributed by atoms with E-state index in [-0.39, 0.29) is 6.04 Å². The Morgan fingerprint density at radius 3 is 2.23 bits per heavy atom. The fourth-order valence-corrected chi connectivity index (χ4v) is 4.03. The molecule has 0 bridgehead atoms. The van der Waals surface area contributed by atoms with Gasteiger partial charge >= 0.3 is 11.8 Å². The lowest BCUT2D eigenvalue weighted by Gasteiger charge is -2.35. The number of carbonyl (C=O) groups excluding carboxylic acids is 2. The van der Waals surface area contributed by atoms with E-state index in [1.807, 2.05) is 11.0 Å². The molecule has 30 heavy (non-hydrogen) atoms. The first kappa shape index (κ1) is 20.3. The van der Waals surface area contributed by atoms with Crippen molar-refractivity contribution in [2.75, 3.05) is 44.2 Å². The standard InChI is InChI=1S/C22H28N6O2/c29-20(21(30)27-13-15-28(16-14-27)22-23-9-4-10-24-22)25-19-7-11-26(12-8-19)17-18-5-2-1-3-6-18/h1-6,9-10,19H,7-8,11-17H2,(H,25,29). The smallest absolute Gasteiger partial charge is 0.312 e. The highest BCUT2D eigenvalue weighted by Gasteiger charge is 2.29. The van der Waals surface area contributed by atoms with Crippen molar-refractivity contribution in [3.63, 3.8) is 0 Å². The summed E-state index contributed by atoms with van der Waals surface area (Å²) in [7, 11) is 0. The molecule has 0 atom stereocenters. The van der Waals surface area contributed by atoms with E-state index in [0.29, 0.717) is 32.1 Å². The average Bonchev–Trinajstić information content (AvgIpc) is 2.81. The zero-order valence-electron chi connectivity index (χ0n) is 17.1. The molecule has 1 aromatic heterocycles. The Morgan fingerprint density at radius 2 is 1.57 bits per heavy atom. The van der Waals surface area contributed by atoms with Crippen LogP contribution >= 0.6 is 0 Å². The van der Waals surface area contributed by atoms with Gasteiger partial charge in [0.05, 0.1) is 0 Å². The number of piperidine rings is 1. The number of carbonyl (C=O) groups is 2. The second-order valence-electron chi connectivity index (χ2n) is 7.84. The highest BCUT2D eigenvalue weighted by molar-refractivity contribution is 6.35. The molecule has 2 fully saturated rings. The van der Waals surface area contributed by atoms with Crippen LogP contribution < -0.4 is 10.2 Å². The SMILES string of the molecule is O=C(NC1CCN(Cc2ccccc2)CC1)C(=O)N1CCN(c2ncccn2)CC1. The Morgan fingerprint density at radius 1 is 0.900 bits per heavy atom. The summed E-state index contributed by atoms with van der Waals surface area (Å²) in [5.41, 5.74) is 1.30. The van der Waals surface area contributed by atoms with Crippen LogP contribution in [0.15, 0.2) is 48.8 Å². The van der Waals surface area contributed by atoms with E-state index < -0.39 is 11.8 Å². The van der Waals surface area contributed by atoms with Crippen molar-refractivity contribution >= 4 is 17.8 Å². The molecule has 158 valence electrons. The van der Waals surface area contributed by atoms with E-state index in [1.165, 1.54) is 5.56 Å². The van der Waals surface area contributed by atoms with Gasteiger partial charge in [-0.05, 0) is 24.5 Å². The Hall–Kier alpha value is -3.00. The van der Waals surface area contributed by atoms with E-state index in [9.17, 15) is 9.59 Å². The summed E-state index contributed by atoms with van der Waals surface area (Å²) < 4.78 is 0. The third-order valence-corrected chi connectivity index (χ3v) is 5.77. The van der Waals surface area contributed by atoms with Crippen molar-refractivity contribution in [3.8, 4) is 0 Å². The lowest BCUT2D eigenvalue weighted by molar-refractivity contribution is -0.146. The van der Waals surface area contributed by atoms with Crippen LogP contribution in [0.5, 0.6) is 0 Å². The molecular formula is C22H28N6O2. The van der Waals surface area contributed by atoms with Gasteiger partial charge in [-0.3, -0.25) is 14.5 Å².